The van der Waals surface area contributed by atoms with E-state index in [-0.39, 0.29) is 0 Å². The number of epoxide rings is 1. The largest absolute Gasteiger partial charge is 0.468 e. The smallest absolute Gasteiger partial charge is 0.116 e. The Morgan fingerprint density at radius 1 is 1.67 bits per heavy atom. The third-order valence-corrected chi connectivity index (χ3v) is 2.98. The van der Waals surface area contributed by atoms with Gasteiger partial charge < -0.3 is 9.15 Å². The molecule has 0 amide bonds. The molecule has 0 N–H and O–H groups in total. The summed E-state index contributed by atoms with van der Waals surface area (Å²) in [5.74, 6) is 3.17. The fourth-order valence-corrected chi connectivity index (χ4v) is 2.05. The van der Waals surface area contributed by atoms with Gasteiger partial charge in [0.25, 0.3) is 0 Å². The Morgan fingerprint density at radius 2 is 2.50 bits per heavy atom. The monoisotopic (exact) mass is 184 g/mol. The van der Waals surface area contributed by atoms with E-state index in [9.17, 15) is 0 Å². The molecule has 66 valence electrons. The molecule has 0 aromatic carbocycles. The van der Waals surface area contributed by atoms with Gasteiger partial charge in [0.2, 0.25) is 0 Å². The second kappa shape index (κ2) is 3.54. The number of hydrogen-bond donors (Lipinski definition) is 0. The maximum Gasteiger partial charge on any atom is 0.116 e. The lowest BCUT2D eigenvalue weighted by Gasteiger charge is -1.96. The number of rotatable bonds is 4. The Hall–Kier alpha value is -0.410. The summed E-state index contributed by atoms with van der Waals surface area (Å²) < 4.78 is 10.4. The van der Waals surface area contributed by atoms with Crippen LogP contribution in [-0.4, -0.2) is 18.5 Å². The van der Waals surface area contributed by atoms with Crippen LogP contribution in [0.3, 0.4) is 0 Å². The molecule has 1 fully saturated rings. The van der Waals surface area contributed by atoms with Crippen molar-refractivity contribution in [3.63, 3.8) is 0 Å². The number of furan rings is 1. The van der Waals surface area contributed by atoms with Crippen LogP contribution in [0.2, 0.25) is 0 Å². The van der Waals surface area contributed by atoms with Gasteiger partial charge in [-0.05, 0) is 18.6 Å². The summed E-state index contributed by atoms with van der Waals surface area (Å²) in [5.41, 5.74) is 1.25. The van der Waals surface area contributed by atoms with Gasteiger partial charge in [0.05, 0.1) is 24.7 Å². The predicted octanol–water partition coefficient (Wildman–Crippen LogP) is 2.22. The molecule has 3 heteroatoms. The van der Waals surface area contributed by atoms with Gasteiger partial charge in [-0.3, -0.25) is 0 Å². The summed E-state index contributed by atoms with van der Waals surface area (Å²) in [7, 11) is 0. The molecule has 1 aromatic heterocycles. The van der Waals surface area contributed by atoms with Crippen molar-refractivity contribution in [2.45, 2.75) is 18.8 Å². The third-order valence-electron chi connectivity index (χ3n) is 1.91. The lowest BCUT2D eigenvalue weighted by Crippen LogP contribution is -1.90. The van der Waals surface area contributed by atoms with E-state index >= 15 is 0 Å². The summed E-state index contributed by atoms with van der Waals surface area (Å²) in [6.07, 6.45) is 2.27. The molecule has 1 aliphatic rings. The number of thioether (sulfide) groups is 1. The summed E-state index contributed by atoms with van der Waals surface area (Å²) in [5, 5.41) is 0. The van der Waals surface area contributed by atoms with Crippen LogP contribution in [0.1, 0.15) is 11.3 Å². The van der Waals surface area contributed by atoms with E-state index in [2.05, 4.69) is 6.92 Å². The lowest BCUT2D eigenvalue weighted by atomic mass is 10.3. The van der Waals surface area contributed by atoms with E-state index in [1.54, 1.807) is 6.26 Å². The van der Waals surface area contributed by atoms with E-state index < -0.39 is 0 Å². The van der Waals surface area contributed by atoms with Gasteiger partial charge >= 0.3 is 0 Å². The molecule has 2 nitrogen and oxygen atoms in total. The van der Waals surface area contributed by atoms with Crippen LogP contribution in [0.5, 0.6) is 0 Å². The highest BCUT2D eigenvalue weighted by molar-refractivity contribution is 7.98. The van der Waals surface area contributed by atoms with Gasteiger partial charge in [-0.1, -0.05) is 0 Å². The summed E-state index contributed by atoms with van der Waals surface area (Å²) in [4.78, 5) is 0. The minimum Gasteiger partial charge on any atom is -0.468 e. The van der Waals surface area contributed by atoms with Crippen LogP contribution in [0, 0.1) is 6.92 Å². The molecule has 0 radical (unpaired) electrons. The molecule has 0 bridgehead atoms. The van der Waals surface area contributed by atoms with Crippen molar-refractivity contribution >= 4 is 11.8 Å². The average molecular weight is 184 g/mol. The first-order valence-electron chi connectivity index (χ1n) is 4.08. The van der Waals surface area contributed by atoms with Crippen molar-refractivity contribution in [1.82, 2.24) is 0 Å². The molecule has 1 atom stereocenters. The van der Waals surface area contributed by atoms with E-state index in [0.717, 1.165) is 23.9 Å². The first kappa shape index (κ1) is 8.20. The maximum absolute atomic E-state index is 5.30. The zero-order chi connectivity index (χ0) is 8.39. The van der Waals surface area contributed by atoms with Crippen LogP contribution < -0.4 is 0 Å². The van der Waals surface area contributed by atoms with Crippen LogP contribution in [0.4, 0.5) is 0 Å². The zero-order valence-electron chi connectivity index (χ0n) is 7.08. The van der Waals surface area contributed by atoms with Gasteiger partial charge in [-0.2, -0.15) is 11.8 Å². The predicted molar refractivity (Wildman–Crippen MR) is 49.3 cm³/mol. The van der Waals surface area contributed by atoms with Crippen molar-refractivity contribution < 1.29 is 9.15 Å². The molecular weight excluding hydrogens is 172 g/mol. The summed E-state index contributed by atoms with van der Waals surface area (Å²) in [6, 6.07) is 2.00. The number of hydrogen-bond acceptors (Lipinski definition) is 3. The van der Waals surface area contributed by atoms with Gasteiger partial charge in [0, 0.05) is 5.75 Å². The van der Waals surface area contributed by atoms with Crippen molar-refractivity contribution in [3.8, 4) is 0 Å². The fourth-order valence-electron chi connectivity index (χ4n) is 0.999. The molecule has 0 saturated carbocycles. The van der Waals surface area contributed by atoms with Crippen molar-refractivity contribution in [1.29, 1.82) is 0 Å². The van der Waals surface area contributed by atoms with Gasteiger partial charge in [-0.15, -0.1) is 0 Å². The van der Waals surface area contributed by atoms with Crippen LogP contribution in [0.25, 0.3) is 0 Å². The lowest BCUT2D eigenvalue weighted by molar-refractivity contribution is 0.426. The Kier molecular flexibility index (Phi) is 2.42. The molecule has 1 saturated heterocycles. The maximum atomic E-state index is 5.30. The van der Waals surface area contributed by atoms with E-state index in [1.807, 2.05) is 17.8 Å². The van der Waals surface area contributed by atoms with E-state index in [4.69, 9.17) is 9.15 Å². The van der Waals surface area contributed by atoms with Gasteiger partial charge in [0.1, 0.15) is 5.76 Å². The third kappa shape index (κ3) is 2.05. The minimum absolute atomic E-state index is 0.519. The number of aryl methyl sites for hydroxylation is 1. The fraction of sp³-hybridized carbons (Fsp3) is 0.556. The minimum atomic E-state index is 0.519. The van der Waals surface area contributed by atoms with E-state index in [1.165, 1.54) is 5.56 Å². The Bertz CT molecular complexity index is 253. The second-order valence-corrected chi connectivity index (χ2v) is 4.03. The van der Waals surface area contributed by atoms with Gasteiger partial charge in [0.15, 0.2) is 0 Å². The molecular formula is C9H12O2S. The molecule has 1 aliphatic heterocycles. The Labute approximate surface area is 76.3 Å². The van der Waals surface area contributed by atoms with Crippen LogP contribution in [0.15, 0.2) is 16.7 Å². The van der Waals surface area contributed by atoms with Crippen molar-refractivity contribution in [2.24, 2.45) is 0 Å². The summed E-state index contributed by atoms with van der Waals surface area (Å²) >= 11 is 1.88. The second-order valence-electron chi connectivity index (χ2n) is 3.00. The first-order valence-corrected chi connectivity index (χ1v) is 5.24. The average Bonchev–Trinajstić information content (AvgIpc) is 2.78. The molecule has 0 unspecified atom stereocenters. The van der Waals surface area contributed by atoms with Crippen molar-refractivity contribution in [2.75, 3.05) is 12.4 Å². The highest BCUT2D eigenvalue weighted by Crippen LogP contribution is 2.21. The van der Waals surface area contributed by atoms with E-state index in [0.29, 0.717) is 6.10 Å². The molecule has 12 heavy (non-hydrogen) atoms. The quantitative estimate of drug-likeness (QED) is 0.671. The van der Waals surface area contributed by atoms with Crippen molar-refractivity contribution in [3.05, 3.63) is 23.7 Å². The molecule has 2 rings (SSSR count). The standard InChI is InChI=1S/C9H12O2S/c1-7-2-3-10-9(7)6-12-5-8-4-11-8/h2-3,8H,4-6H2,1H3/t8-/m1/s1. The Morgan fingerprint density at radius 3 is 3.08 bits per heavy atom. The normalized spacial score (nSPS) is 21.2. The summed E-state index contributed by atoms with van der Waals surface area (Å²) in [6.45, 7) is 3.02. The highest BCUT2D eigenvalue weighted by atomic mass is 32.2. The van der Waals surface area contributed by atoms with Crippen LogP contribution >= 0.6 is 11.8 Å². The molecule has 0 aliphatic carbocycles. The Balaban J connectivity index is 1.75. The SMILES string of the molecule is Cc1ccoc1CSC[C@H]1CO1. The number of ether oxygens (including phenoxy) is 1. The first-order chi connectivity index (χ1) is 5.86. The zero-order valence-corrected chi connectivity index (χ0v) is 7.89. The van der Waals surface area contributed by atoms with Gasteiger partial charge in [-0.25, -0.2) is 0 Å². The molecule has 2 heterocycles. The highest BCUT2D eigenvalue weighted by Gasteiger charge is 2.21. The molecule has 0 spiro atoms. The van der Waals surface area contributed by atoms with Crippen LogP contribution in [-0.2, 0) is 10.5 Å². The topological polar surface area (TPSA) is 25.7 Å². The molecule has 1 aromatic rings.